The van der Waals surface area contributed by atoms with Crippen molar-refractivity contribution in [3.8, 4) is 11.5 Å². The number of ether oxygens (including phenoxy) is 2. The monoisotopic (exact) mass is 449 g/mol. The molecule has 0 aliphatic heterocycles. The van der Waals surface area contributed by atoms with Gasteiger partial charge in [-0.2, -0.15) is 0 Å². The number of hydrogen-bond acceptors (Lipinski definition) is 4. The SMILES string of the molecule is O=C(COc1ccccc1)NCCc1nc2ccccc2n1CCOc1ccccc1Cl. The van der Waals surface area contributed by atoms with Crippen LogP contribution < -0.4 is 14.8 Å². The van der Waals surface area contributed by atoms with Crippen molar-refractivity contribution in [2.75, 3.05) is 19.8 Å². The third-order valence-corrected chi connectivity index (χ3v) is 5.24. The maximum Gasteiger partial charge on any atom is 0.257 e. The first-order valence-corrected chi connectivity index (χ1v) is 10.8. The third kappa shape index (κ3) is 5.59. The zero-order valence-electron chi connectivity index (χ0n) is 17.5. The summed E-state index contributed by atoms with van der Waals surface area (Å²) in [6.07, 6.45) is 0.595. The van der Waals surface area contributed by atoms with Crippen molar-refractivity contribution in [2.24, 2.45) is 0 Å². The Hall–Kier alpha value is -3.51. The molecule has 1 aromatic heterocycles. The van der Waals surface area contributed by atoms with Crippen LogP contribution in [0.25, 0.3) is 11.0 Å². The van der Waals surface area contributed by atoms with Crippen LogP contribution in [-0.4, -0.2) is 35.2 Å². The zero-order valence-corrected chi connectivity index (χ0v) is 18.3. The van der Waals surface area contributed by atoms with Crippen molar-refractivity contribution < 1.29 is 14.3 Å². The second-order valence-corrected chi connectivity index (χ2v) is 7.56. The highest BCUT2D eigenvalue weighted by Gasteiger charge is 2.12. The molecule has 32 heavy (non-hydrogen) atoms. The van der Waals surface area contributed by atoms with Crippen LogP contribution in [0, 0.1) is 0 Å². The maximum atomic E-state index is 12.1. The van der Waals surface area contributed by atoms with Crippen LogP contribution >= 0.6 is 11.6 Å². The van der Waals surface area contributed by atoms with Crippen molar-refractivity contribution in [2.45, 2.75) is 13.0 Å². The van der Waals surface area contributed by atoms with Gasteiger partial charge < -0.3 is 19.4 Å². The summed E-state index contributed by atoms with van der Waals surface area (Å²) in [5, 5.41) is 3.48. The maximum absolute atomic E-state index is 12.1. The Bertz CT molecular complexity index is 1180. The predicted molar refractivity (Wildman–Crippen MR) is 125 cm³/mol. The Morgan fingerprint density at radius 3 is 2.53 bits per heavy atom. The summed E-state index contributed by atoms with van der Waals surface area (Å²) in [6.45, 7) is 1.51. The van der Waals surface area contributed by atoms with Crippen molar-refractivity contribution in [3.05, 3.63) is 89.7 Å². The highest BCUT2D eigenvalue weighted by molar-refractivity contribution is 6.32. The van der Waals surface area contributed by atoms with E-state index in [0.717, 1.165) is 16.9 Å². The van der Waals surface area contributed by atoms with Crippen LogP contribution in [0.4, 0.5) is 0 Å². The summed E-state index contributed by atoms with van der Waals surface area (Å²) in [7, 11) is 0. The number of halogens is 1. The Labute approximate surface area is 191 Å². The first-order valence-electron chi connectivity index (χ1n) is 10.5. The third-order valence-electron chi connectivity index (χ3n) is 4.93. The molecular formula is C25H24ClN3O3. The van der Waals surface area contributed by atoms with Gasteiger partial charge in [-0.15, -0.1) is 0 Å². The molecule has 1 N–H and O–H groups in total. The molecule has 4 aromatic rings. The molecule has 0 saturated carbocycles. The van der Waals surface area contributed by atoms with Crippen LogP contribution in [0.15, 0.2) is 78.9 Å². The number of nitrogens with one attached hydrogen (secondary N) is 1. The van der Waals surface area contributed by atoms with Gasteiger partial charge in [0.25, 0.3) is 5.91 Å². The Balaban J connectivity index is 1.34. The number of rotatable bonds is 10. The molecule has 1 heterocycles. The zero-order chi connectivity index (χ0) is 22.2. The van der Waals surface area contributed by atoms with Crippen LogP contribution in [0.3, 0.4) is 0 Å². The lowest BCUT2D eigenvalue weighted by atomic mass is 10.3. The molecule has 0 radical (unpaired) electrons. The van der Waals surface area contributed by atoms with Gasteiger partial charge in [-0.1, -0.05) is 54.1 Å². The molecular weight excluding hydrogens is 426 g/mol. The number of imidazole rings is 1. The van der Waals surface area contributed by atoms with E-state index < -0.39 is 0 Å². The van der Waals surface area contributed by atoms with E-state index in [1.165, 1.54) is 0 Å². The number of para-hydroxylation sites is 4. The highest BCUT2D eigenvalue weighted by Crippen LogP contribution is 2.23. The molecule has 164 valence electrons. The Morgan fingerprint density at radius 1 is 0.938 bits per heavy atom. The Kier molecular flexibility index (Phi) is 7.25. The lowest BCUT2D eigenvalue weighted by molar-refractivity contribution is -0.123. The molecule has 0 fully saturated rings. The normalized spacial score (nSPS) is 10.8. The van der Waals surface area contributed by atoms with Crippen molar-refractivity contribution in [1.29, 1.82) is 0 Å². The minimum atomic E-state index is -0.168. The number of fused-ring (bicyclic) bond motifs is 1. The molecule has 0 saturated heterocycles. The highest BCUT2D eigenvalue weighted by atomic mass is 35.5. The van der Waals surface area contributed by atoms with Gasteiger partial charge in [-0.3, -0.25) is 4.79 Å². The summed E-state index contributed by atoms with van der Waals surface area (Å²) < 4.78 is 13.5. The van der Waals surface area contributed by atoms with E-state index in [9.17, 15) is 4.79 Å². The molecule has 0 aliphatic rings. The molecule has 4 rings (SSSR count). The number of nitrogens with zero attached hydrogens (tertiary/aromatic N) is 2. The minimum Gasteiger partial charge on any atom is -0.490 e. The molecule has 1 amide bonds. The molecule has 0 unspecified atom stereocenters. The van der Waals surface area contributed by atoms with E-state index in [2.05, 4.69) is 9.88 Å². The summed E-state index contributed by atoms with van der Waals surface area (Å²) in [5.41, 5.74) is 1.95. The molecule has 0 aliphatic carbocycles. The average molecular weight is 450 g/mol. The van der Waals surface area contributed by atoms with Gasteiger partial charge in [0.1, 0.15) is 23.9 Å². The lowest BCUT2D eigenvalue weighted by Gasteiger charge is -2.12. The van der Waals surface area contributed by atoms with Crippen molar-refractivity contribution in [1.82, 2.24) is 14.9 Å². The average Bonchev–Trinajstić information content (AvgIpc) is 3.17. The van der Waals surface area contributed by atoms with Gasteiger partial charge in [-0.05, 0) is 36.4 Å². The lowest BCUT2D eigenvalue weighted by Crippen LogP contribution is -2.31. The Morgan fingerprint density at radius 2 is 1.69 bits per heavy atom. The number of hydrogen-bond donors (Lipinski definition) is 1. The molecule has 0 atom stereocenters. The van der Waals surface area contributed by atoms with Crippen LogP contribution in [0.2, 0.25) is 5.02 Å². The van der Waals surface area contributed by atoms with E-state index in [0.29, 0.717) is 42.6 Å². The van der Waals surface area contributed by atoms with Crippen LogP contribution in [0.5, 0.6) is 11.5 Å². The van der Waals surface area contributed by atoms with Gasteiger partial charge in [0.15, 0.2) is 6.61 Å². The van der Waals surface area contributed by atoms with E-state index in [4.69, 9.17) is 26.1 Å². The van der Waals surface area contributed by atoms with Crippen LogP contribution in [-0.2, 0) is 17.8 Å². The van der Waals surface area contributed by atoms with Crippen molar-refractivity contribution in [3.63, 3.8) is 0 Å². The molecule has 3 aromatic carbocycles. The van der Waals surface area contributed by atoms with Crippen LogP contribution in [0.1, 0.15) is 5.82 Å². The number of amides is 1. The molecule has 0 bridgehead atoms. The second-order valence-electron chi connectivity index (χ2n) is 7.15. The van der Waals surface area contributed by atoms with Gasteiger partial charge in [-0.25, -0.2) is 4.98 Å². The van der Waals surface area contributed by atoms with E-state index in [1.807, 2.05) is 72.8 Å². The minimum absolute atomic E-state index is 0.0217. The number of benzene rings is 3. The van der Waals surface area contributed by atoms with Gasteiger partial charge in [0, 0.05) is 13.0 Å². The van der Waals surface area contributed by atoms with E-state index >= 15 is 0 Å². The summed E-state index contributed by atoms with van der Waals surface area (Å²) in [6, 6.07) is 24.7. The fraction of sp³-hybridized carbons (Fsp3) is 0.200. The van der Waals surface area contributed by atoms with Gasteiger partial charge in [0.05, 0.1) is 22.6 Å². The first-order chi connectivity index (χ1) is 15.7. The molecule has 7 heteroatoms. The largest absolute Gasteiger partial charge is 0.490 e. The van der Waals surface area contributed by atoms with Crippen molar-refractivity contribution >= 4 is 28.5 Å². The summed E-state index contributed by atoms with van der Waals surface area (Å²) >= 11 is 6.18. The van der Waals surface area contributed by atoms with E-state index in [-0.39, 0.29) is 12.5 Å². The quantitative estimate of drug-likeness (QED) is 0.387. The molecule has 0 spiro atoms. The van der Waals surface area contributed by atoms with Gasteiger partial charge >= 0.3 is 0 Å². The number of carbonyl (C=O) groups excluding carboxylic acids is 1. The molecule has 6 nitrogen and oxygen atoms in total. The number of carbonyl (C=O) groups is 1. The number of aromatic nitrogens is 2. The second kappa shape index (κ2) is 10.7. The topological polar surface area (TPSA) is 65.4 Å². The summed E-state index contributed by atoms with van der Waals surface area (Å²) in [5.74, 6) is 2.05. The smallest absolute Gasteiger partial charge is 0.257 e. The summed E-state index contributed by atoms with van der Waals surface area (Å²) in [4.78, 5) is 16.9. The van der Waals surface area contributed by atoms with E-state index in [1.54, 1.807) is 6.07 Å². The standard InChI is InChI=1S/C25H24ClN3O3/c26-20-10-4-7-13-23(20)31-17-16-29-22-12-6-5-11-21(22)28-24(29)14-15-27-25(30)18-32-19-8-2-1-3-9-19/h1-13H,14-18H2,(H,27,30). The predicted octanol–water partition coefficient (Wildman–Crippen LogP) is 4.51. The fourth-order valence-electron chi connectivity index (χ4n) is 3.40. The fourth-order valence-corrected chi connectivity index (χ4v) is 3.60. The first kappa shape index (κ1) is 21.7. The van der Waals surface area contributed by atoms with Gasteiger partial charge in [0.2, 0.25) is 0 Å².